The van der Waals surface area contributed by atoms with E-state index in [1.54, 1.807) is 0 Å². The highest BCUT2D eigenvalue weighted by atomic mass is 16.5. The molecule has 0 radical (unpaired) electrons. The Hall–Kier alpha value is -6.91. The summed E-state index contributed by atoms with van der Waals surface area (Å²) in [7, 11) is 0. The SMILES string of the molecule is c1ccc(-c2nc(-c3ccccc3)nc(-c3cc(-c4ccc5c(c4)Oc4cccc6cccc-5c46)cc(-c4cccc5ccccc45)c3)n2)cc1. The fourth-order valence-electron chi connectivity index (χ4n) is 7.24. The monoisotopic (exact) mass is 651 g/mol. The molecule has 0 N–H and O–H groups in total. The van der Waals surface area contributed by atoms with Crippen molar-refractivity contribution in [2.24, 2.45) is 0 Å². The van der Waals surface area contributed by atoms with Gasteiger partial charge in [-0.25, -0.2) is 15.0 Å². The Labute approximate surface area is 295 Å². The van der Waals surface area contributed by atoms with E-state index in [0.29, 0.717) is 17.5 Å². The molecule has 0 amide bonds. The first-order chi connectivity index (χ1) is 25.2. The molecule has 0 spiro atoms. The molecule has 0 aliphatic carbocycles. The van der Waals surface area contributed by atoms with Gasteiger partial charge in [-0.1, -0.05) is 140 Å². The van der Waals surface area contributed by atoms with Crippen LogP contribution in [0.25, 0.3) is 89.1 Å². The van der Waals surface area contributed by atoms with Crippen molar-refractivity contribution in [3.05, 3.63) is 176 Å². The van der Waals surface area contributed by atoms with Crippen LogP contribution in [0.4, 0.5) is 0 Å². The number of fused-ring (bicyclic) bond motifs is 3. The molecule has 0 fully saturated rings. The topological polar surface area (TPSA) is 47.9 Å². The third-order valence-electron chi connectivity index (χ3n) is 9.68. The van der Waals surface area contributed by atoms with Crippen LogP contribution in [-0.4, -0.2) is 15.0 Å². The average molecular weight is 652 g/mol. The summed E-state index contributed by atoms with van der Waals surface area (Å²) in [6.45, 7) is 0. The first-order valence-corrected chi connectivity index (χ1v) is 17.1. The summed E-state index contributed by atoms with van der Waals surface area (Å²) in [5, 5.41) is 4.70. The standard InChI is InChI=1S/C47H29N3O/c1-3-13-32(14-4-1)45-48-46(33-15-5-2-6-16-33)50-47(49-45)37-27-35(26-36(28-37)39-21-9-17-30-12-7-8-20-38(30)39)34-24-25-40-41-22-10-18-31-19-11-23-42(44(31)41)51-43(40)29-34/h1-29H. The summed E-state index contributed by atoms with van der Waals surface area (Å²) in [6, 6.07) is 61.1. The van der Waals surface area contributed by atoms with E-state index in [1.165, 1.54) is 21.7 Å². The van der Waals surface area contributed by atoms with Crippen LogP contribution in [0.2, 0.25) is 0 Å². The van der Waals surface area contributed by atoms with Gasteiger partial charge in [0.05, 0.1) is 0 Å². The lowest BCUT2D eigenvalue weighted by molar-refractivity contribution is 0.487. The van der Waals surface area contributed by atoms with Crippen LogP contribution in [0.1, 0.15) is 0 Å². The maximum Gasteiger partial charge on any atom is 0.164 e. The molecule has 0 bridgehead atoms. The predicted octanol–water partition coefficient (Wildman–Crippen LogP) is 12.3. The van der Waals surface area contributed by atoms with Crippen LogP contribution >= 0.6 is 0 Å². The van der Waals surface area contributed by atoms with Crippen molar-refractivity contribution in [3.63, 3.8) is 0 Å². The molecule has 0 saturated carbocycles. The molecule has 0 saturated heterocycles. The van der Waals surface area contributed by atoms with Crippen molar-refractivity contribution in [1.82, 2.24) is 15.0 Å². The number of hydrogen-bond acceptors (Lipinski definition) is 4. The van der Waals surface area contributed by atoms with E-state index in [2.05, 4.69) is 115 Å². The van der Waals surface area contributed by atoms with Crippen molar-refractivity contribution in [1.29, 1.82) is 0 Å². The smallest absolute Gasteiger partial charge is 0.164 e. The largest absolute Gasteiger partial charge is 0.456 e. The molecule has 4 nitrogen and oxygen atoms in total. The molecule has 51 heavy (non-hydrogen) atoms. The third-order valence-corrected chi connectivity index (χ3v) is 9.68. The number of hydrogen-bond donors (Lipinski definition) is 0. The number of ether oxygens (including phenoxy) is 1. The molecule has 1 aliphatic heterocycles. The summed E-state index contributed by atoms with van der Waals surface area (Å²) in [5.74, 6) is 3.60. The van der Waals surface area contributed by atoms with Gasteiger partial charge in [0.1, 0.15) is 11.5 Å². The van der Waals surface area contributed by atoms with E-state index in [0.717, 1.165) is 61.4 Å². The second kappa shape index (κ2) is 11.9. The summed E-state index contributed by atoms with van der Waals surface area (Å²) in [4.78, 5) is 15.1. The normalized spacial score (nSPS) is 11.7. The van der Waals surface area contributed by atoms with Gasteiger partial charge in [-0.05, 0) is 80.4 Å². The Kier molecular flexibility index (Phi) is 6.78. The highest BCUT2D eigenvalue weighted by Crippen LogP contribution is 2.48. The molecule has 238 valence electrons. The lowest BCUT2D eigenvalue weighted by Gasteiger charge is -2.22. The Morgan fingerprint density at radius 2 is 0.882 bits per heavy atom. The van der Waals surface area contributed by atoms with Crippen LogP contribution in [0.5, 0.6) is 11.5 Å². The molecule has 8 aromatic carbocycles. The zero-order chi connectivity index (χ0) is 33.7. The van der Waals surface area contributed by atoms with Crippen LogP contribution in [0.3, 0.4) is 0 Å². The van der Waals surface area contributed by atoms with Crippen LogP contribution in [-0.2, 0) is 0 Å². The maximum atomic E-state index is 6.60. The van der Waals surface area contributed by atoms with Crippen molar-refractivity contribution >= 4 is 21.5 Å². The zero-order valence-corrected chi connectivity index (χ0v) is 27.5. The number of nitrogens with zero attached hydrogens (tertiary/aromatic N) is 3. The fraction of sp³-hybridized carbons (Fsp3) is 0. The summed E-state index contributed by atoms with van der Waals surface area (Å²) < 4.78 is 6.60. The van der Waals surface area contributed by atoms with Gasteiger partial charge >= 0.3 is 0 Å². The van der Waals surface area contributed by atoms with E-state index in [-0.39, 0.29) is 0 Å². The molecule has 2 heterocycles. The minimum atomic E-state index is 0.612. The highest BCUT2D eigenvalue weighted by molar-refractivity contribution is 6.04. The van der Waals surface area contributed by atoms with Crippen molar-refractivity contribution < 1.29 is 4.74 Å². The van der Waals surface area contributed by atoms with Crippen molar-refractivity contribution in [2.75, 3.05) is 0 Å². The molecule has 1 aromatic heterocycles. The van der Waals surface area contributed by atoms with Gasteiger partial charge in [0.2, 0.25) is 0 Å². The van der Waals surface area contributed by atoms with Crippen LogP contribution in [0.15, 0.2) is 176 Å². The summed E-state index contributed by atoms with van der Waals surface area (Å²) in [6.07, 6.45) is 0. The summed E-state index contributed by atoms with van der Waals surface area (Å²) in [5.41, 5.74) is 9.37. The number of benzene rings is 8. The van der Waals surface area contributed by atoms with Gasteiger partial charge in [0, 0.05) is 27.6 Å². The van der Waals surface area contributed by atoms with E-state index >= 15 is 0 Å². The van der Waals surface area contributed by atoms with Crippen molar-refractivity contribution in [2.45, 2.75) is 0 Å². The Morgan fingerprint density at radius 1 is 0.314 bits per heavy atom. The molecule has 10 rings (SSSR count). The fourth-order valence-corrected chi connectivity index (χ4v) is 7.24. The Bertz CT molecular complexity index is 2710. The molecule has 1 aliphatic rings. The average Bonchev–Trinajstić information content (AvgIpc) is 3.21. The maximum absolute atomic E-state index is 6.60. The van der Waals surface area contributed by atoms with Gasteiger partial charge < -0.3 is 4.74 Å². The molecule has 4 heteroatoms. The van der Waals surface area contributed by atoms with Gasteiger partial charge in [-0.2, -0.15) is 0 Å². The van der Waals surface area contributed by atoms with E-state index in [4.69, 9.17) is 19.7 Å². The Morgan fingerprint density at radius 3 is 1.63 bits per heavy atom. The molecule has 0 unspecified atom stereocenters. The van der Waals surface area contributed by atoms with Crippen LogP contribution < -0.4 is 4.74 Å². The minimum Gasteiger partial charge on any atom is -0.456 e. The Balaban J connectivity index is 1.19. The first kappa shape index (κ1) is 29.0. The summed E-state index contributed by atoms with van der Waals surface area (Å²) >= 11 is 0. The number of aromatic nitrogens is 3. The van der Waals surface area contributed by atoms with Crippen molar-refractivity contribution in [3.8, 4) is 79.0 Å². The van der Waals surface area contributed by atoms with Crippen LogP contribution in [0, 0.1) is 0 Å². The van der Waals surface area contributed by atoms with Gasteiger partial charge in [-0.3, -0.25) is 0 Å². The second-order valence-electron chi connectivity index (χ2n) is 12.8. The lowest BCUT2D eigenvalue weighted by Crippen LogP contribution is -2.00. The number of rotatable bonds is 5. The van der Waals surface area contributed by atoms with Gasteiger partial charge in [-0.15, -0.1) is 0 Å². The molecular weight excluding hydrogens is 623 g/mol. The first-order valence-electron chi connectivity index (χ1n) is 17.1. The zero-order valence-electron chi connectivity index (χ0n) is 27.5. The third kappa shape index (κ3) is 5.13. The quantitative estimate of drug-likeness (QED) is 0.186. The molecule has 0 atom stereocenters. The predicted molar refractivity (Wildman–Crippen MR) is 208 cm³/mol. The second-order valence-corrected chi connectivity index (χ2v) is 12.8. The van der Waals surface area contributed by atoms with E-state index in [1.807, 2.05) is 60.7 Å². The van der Waals surface area contributed by atoms with E-state index < -0.39 is 0 Å². The van der Waals surface area contributed by atoms with Gasteiger partial charge in [0.25, 0.3) is 0 Å². The van der Waals surface area contributed by atoms with E-state index in [9.17, 15) is 0 Å². The highest BCUT2D eigenvalue weighted by Gasteiger charge is 2.21. The lowest BCUT2D eigenvalue weighted by atomic mass is 9.90. The molecular formula is C47H29N3O. The molecule has 9 aromatic rings. The minimum absolute atomic E-state index is 0.612. The van der Waals surface area contributed by atoms with Gasteiger partial charge in [0.15, 0.2) is 17.5 Å².